The number of methoxy groups -OCH3 is 1. The zero-order valence-electron chi connectivity index (χ0n) is 12.5. The molecule has 0 saturated carbocycles. The lowest BCUT2D eigenvalue weighted by molar-refractivity contribution is -0.156. The van der Waals surface area contributed by atoms with Crippen molar-refractivity contribution in [2.75, 3.05) is 20.3 Å². The maximum atomic E-state index is 12.5. The highest BCUT2D eigenvalue weighted by molar-refractivity contribution is 5.83. The Balaban J connectivity index is 2.70. The zero-order valence-corrected chi connectivity index (χ0v) is 12.5. The molecule has 0 aliphatic carbocycles. The van der Waals surface area contributed by atoms with Gasteiger partial charge in [-0.1, -0.05) is 13.8 Å². The lowest BCUT2D eigenvalue weighted by Crippen LogP contribution is -2.47. The average Bonchev–Trinajstić information content (AvgIpc) is 2.92. The highest BCUT2D eigenvalue weighted by atomic mass is 16.5. The van der Waals surface area contributed by atoms with Crippen molar-refractivity contribution in [2.45, 2.75) is 57.8 Å². The van der Waals surface area contributed by atoms with E-state index in [1.54, 1.807) is 12.0 Å². The van der Waals surface area contributed by atoms with Gasteiger partial charge in [0.1, 0.15) is 6.10 Å². The molecular weight excluding hydrogens is 262 g/mol. The van der Waals surface area contributed by atoms with E-state index >= 15 is 0 Å². The summed E-state index contributed by atoms with van der Waals surface area (Å²) in [6.45, 7) is 5.06. The number of nitrogens with zero attached hydrogens (tertiary/aromatic N) is 1. The Kier molecular flexibility index (Phi) is 6.95. The molecule has 0 radical (unpaired) electrons. The number of carbonyl (C=O) groups excluding carboxylic acids is 1. The Morgan fingerprint density at radius 3 is 2.35 bits per heavy atom. The lowest BCUT2D eigenvalue weighted by atomic mass is 10.1. The normalized spacial score (nSPS) is 22.2. The highest BCUT2D eigenvalue weighted by Crippen LogP contribution is 2.23. The largest absolute Gasteiger partial charge is 0.479 e. The van der Waals surface area contributed by atoms with Crippen LogP contribution in [0.1, 0.15) is 39.5 Å². The van der Waals surface area contributed by atoms with E-state index in [-0.39, 0.29) is 11.9 Å². The molecule has 1 heterocycles. The third-order valence-corrected chi connectivity index (χ3v) is 3.77. The second kappa shape index (κ2) is 8.21. The summed E-state index contributed by atoms with van der Waals surface area (Å²) in [7, 11) is 1.60. The quantitative estimate of drug-likeness (QED) is 0.728. The molecule has 20 heavy (non-hydrogen) atoms. The van der Waals surface area contributed by atoms with Gasteiger partial charge in [-0.15, -0.1) is 0 Å². The molecule has 1 rings (SSSR count). The first-order valence-corrected chi connectivity index (χ1v) is 7.22. The molecule has 1 aliphatic heterocycles. The third kappa shape index (κ3) is 4.18. The van der Waals surface area contributed by atoms with Gasteiger partial charge in [-0.05, 0) is 25.7 Å². The van der Waals surface area contributed by atoms with E-state index in [0.717, 1.165) is 12.8 Å². The van der Waals surface area contributed by atoms with Gasteiger partial charge in [-0.2, -0.15) is 0 Å². The number of ether oxygens (including phenoxy) is 2. The standard InChI is InChI=1S/C14H25NO5/c1-4-10(5-2)15(8-9-19-3)13(16)11-6-7-12(20-11)14(17)18/h10-12H,4-9H2,1-3H3,(H,17,18). The van der Waals surface area contributed by atoms with Gasteiger partial charge in [0.25, 0.3) is 5.91 Å². The van der Waals surface area contributed by atoms with Crippen molar-refractivity contribution in [1.29, 1.82) is 0 Å². The number of aliphatic carboxylic acids is 1. The second-order valence-electron chi connectivity index (χ2n) is 5.02. The van der Waals surface area contributed by atoms with Crippen LogP contribution in [-0.2, 0) is 19.1 Å². The molecule has 1 saturated heterocycles. The van der Waals surface area contributed by atoms with E-state index in [2.05, 4.69) is 0 Å². The van der Waals surface area contributed by atoms with Crippen LogP contribution in [-0.4, -0.2) is 60.4 Å². The van der Waals surface area contributed by atoms with Gasteiger partial charge in [-0.25, -0.2) is 4.79 Å². The molecular formula is C14H25NO5. The smallest absolute Gasteiger partial charge is 0.332 e. The molecule has 0 aromatic heterocycles. The molecule has 1 N–H and O–H groups in total. The van der Waals surface area contributed by atoms with Crippen molar-refractivity contribution in [3.63, 3.8) is 0 Å². The predicted octanol–water partition coefficient (Wildman–Crippen LogP) is 1.28. The van der Waals surface area contributed by atoms with E-state index in [0.29, 0.717) is 26.0 Å². The summed E-state index contributed by atoms with van der Waals surface area (Å²) in [6, 6.07) is 0.144. The van der Waals surface area contributed by atoms with Crippen LogP contribution in [0, 0.1) is 0 Å². The fourth-order valence-electron chi connectivity index (χ4n) is 2.58. The summed E-state index contributed by atoms with van der Waals surface area (Å²) < 4.78 is 10.4. The van der Waals surface area contributed by atoms with Gasteiger partial charge in [-0.3, -0.25) is 4.79 Å². The van der Waals surface area contributed by atoms with Crippen molar-refractivity contribution in [2.24, 2.45) is 0 Å². The van der Waals surface area contributed by atoms with E-state index in [1.807, 2.05) is 13.8 Å². The van der Waals surface area contributed by atoms with Gasteiger partial charge in [0.05, 0.1) is 6.61 Å². The molecule has 0 aromatic carbocycles. The first-order chi connectivity index (χ1) is 9.54. The minimum absolute atomic E-state index is 0.112. The number of hydrogen-bond donors (Lipinski definition) is 1. The van der Waals surface area contributed by atoms with Crippen LogP contribution in [0.2, 0.25) is 0 Å². The minimum Gasteiger partial charge on any atom is -0.479 e. The second-order valence-corrected chi connectivity index (χ2v) is 5.02. The molecule has 6 heteroatoms. The van der Waals surface area contributed by atoms with E-state index < -0.39 is 18.2 Å². The minimum atomic E-state index is -0.994. The molecule has 1 fully saturated rings. The SMILES string of the molecule is CCC(CC)N(CCOC)C(=O)C1CCC(C(=O)O)O1. The monoisotopic (exact) mass is 287 g/mol. The van der Waals surface area contributed by atoms with Crippen LogP contribution in [0.25, 0.3) is 0 Å². The topological polar surface area (TPSA) is 76.1 Å². The summed E-state index contributed by atoms with van der Waals surface area (Å²) in [5.74, 6) is -1.11. The molecule has 2 unspecified atom stereocenters. The number of carbonyl (C=O) groups is 2. The molecule has 1 aliphatic rings. The number of rotatable bonds is 8. The Bertz CT molecular complexity index is 330. The van der Waals surface area contributed by atoms with Gasteiger partial charge in [0.2, 0.25) is 0 Å². The van der Waals surface area contributed by atoms with E-state index in [4.69, 9.17) is 14.6 Å². The van der Waals surface area contributed by atoms with Crippen LogP contribution < -0.4 is 0 Å². The highest BCUT2D eigenvalue weighted by Gasteiger charge is 2.37. The predicted molar refractivity (Wildman–Crippen MR) is 73.5 cm³/mol. The van der Waals surface area contributed by atoms with E-state index in [1.165, 1.54) is 0 Å². The van der Waals surface area contributed by atoms with Gasteiger partial charge >= 0.3 is 5.97 Å². The summed E-state index contributed by atoms with van der Waals surface area (Å²) in [4.78, 5) is 25.2. The molecule has 1 amide bonds. The number of amides is 1. The summed E-state index contributed by atoms with van der Waals surface area (Å²) in [5.41, 5.74) is 0. The summed E-state index contributed by atoms with van der Waals surface area (Å²) in [5, 5.41) is 8.92. The Labute approximate surface area is 120 Å². The summed E-state index contributed by atoms with van der Waals surface area (Å²) >= 11 is 0. The Hall–Kier alpha value is -1.14. The van der Waals surface area contributed by atoms with Crippen molar-refractivity contribution < 1.29 is 24.2 Å². The fraction of sp³-hybridized carbons (Fsp3) is 0.857. The van der Waals surface area contributed by atoms with Crippen molar-refractivity contribution in [1.82, 2.24) is 4.90 Å². The molecule has 0 aromatic rings. The third-order valence-electron chi connectivity index (χ3n) is 3.77. The van der Waals surface area contributed by atoms with Crippen molar-refractivity contribution in [3.8, 4) is 0 Å². The van der Waals surface area contributed by atoms with E-state index in [9.17, 15) is 9.59 Å². The van der Waals surface area contributed by atoms with Gasteiger partial charge in [0, 0.05) is 19.7 Å². The average molecular weight is 287 g/mol. The van der Waals surface area contributed by atoms with Crippen LogP contribution in [0.3, 0.4) is 0 Å². The Morgan fingerprint density at radius 2 is 1.90 bits per heavy atom. The molecule has 6 nitrogen and oxygen atoms in total. The molecule has 2 atom stereocenters. The molecule has 116 valence electrons. The maximum Gasteiger partial charge on any atom is 0.332 e. The maximum absolute atomic E-state index is 12.5. The van der Waals surface area contributed by atoms with Crippen molar-refractivity contribution >= 4 is 11.9 Å². The Morgan fingerprint density at radius 1 is 1.30 bits per heavy atom. The van der Waals surface area contributed by atoms with Crippen LogP contribution in [0.5, 0.6) is 0 Å². The lowest BCUT2D eigenvalue weighted by Gasteiger charge is -2.32. The zero-order chi connectivity index (χ0) is 15.1. The van der Waals surface area contributed by atoms with Crippen LogP contribution in [0.15, 0.2) is 0 Å². The first-order valence-electron chi connectivity index (χ1n) is 7.22. The number of hydrogen-bond acceptors (Lipinski definition) is 4. The van der Waals surface area contributed by atoms with Crippen LogP contribution in [0.4, 0.5) is 0 Å². The van der Waals surface area contributed by atoms with Crippen LogP contribution >= 0.6 is 0 Å². The van der Waals surface area contributed by atoms with Gasteiger partial charge < -0.3 is 19.5 Å². The molecule has 0 spiro atoms. The van der Waals surface area contributed by atoms with Crippen molar-refractivity contribution in [3.05, 3.63) is 0 Å². The fourth-order valence-corrected chi connectivity index (χ4v) is 2.58. The number of carboxylic acid groups (broad SMARTS) is 1. The van der Waals surface area contributed by atoms with Gasteiger partial charge in [0.15, 0.2) is 6.10 Å². The first kappa shape index (κ1) is 16.9. The summed E-state index contributed by atoms with van der Waals surface area (Å²) in [6.07, 6.45) is 1.11. The number of carboxylic acids is 1. The molecule has 0 bridgehead atoms.